The number of halogens is 2. The lowest BCUT2D eigenvalue weighted by molar-refractivity contribution is 0.623. The summed E-state index contributed by atoms with van der Waals surface area (Å²) in [6.07, 6.45) is 0. The Labute approximate surface area is 120 Å². The molecule has 0 atom stereocenters. The van der Waals surface area contributed by atoms with E-state index in [0.717, 1.165) is 10.0 Å². The average Bonchev–Trinajstić information content (AvgIpc) is 2.41. The smallest absolute Gasteiger partial charge is 0.143 e. The van der Waals surface area contributed by atoms with E-state index in [1.165, 1.54) is 6.07 Å². The first-order chi connectivity index (χ1) is 9.11. The lowest BCUT2D eigenvalue weighted by atomic mass is 10.1. The van der Waals surface area contributed by atoms with E-state index in [-0.39, 0.29) is 5.56 Å². The highest BCUT2D eigenvalue weighted by molar-refractivity contribution is 9.10. The van der Waals surface area contributed by atoms with Crippen LogP contribution in [0.15, 0.2) is 46.9 Å². The Kier molecular flexibility index (Phi) is 4.18. The lowest BCUT2D eigenvalue weighted by Crippen LogP contribution is -2.17. The summed E-state index contributed by atoms with van der Waals surface area (Å²) in [5.74, 6) is -0.484. The van der Waals surface area contributed by atoms with Crippen LogP contribution < -0.4 is 4.90 Å². The third-order valence-electron chi connectivity index (χ3n) is 2.85. The number of nitrogens with zero attached hydrogens (tertiary/aromatic N) is 2. The Morgan fingerprint density at radius 3 is 2.53 bits per heavy atom. The van der Waals surface area contributed by atoms with Crippen molar-refractivity contribution in [3.63, 3.8) is 0 Å². The molecule has 96 valence electrons. The molecule has 0 aliphatic rings. The second kappa shape index (κ2) is 5.85. The summed E-state index contributed by atoms with van der Waals surface area (Å²) in [5.41, 5.74) is 1.78. The van der Waals surface area contributed by atoms with Crippen LogP contribution in [0.4, 0.5) is 10.1 Å². The third kappa shape index (κ3) is 3.12. The molecule has 2 nitrogen and oxygen atoms in total. The Balaban J connectivity index is 2.25. The van der Waals surface area contributed by atoms with Gasteiger partial charge in [-0.2, -0.15) is 5.26 Å². The highest BCUT2D eigenvalue weighted by atomic mass is 79.9. The molecule has 0 saturated carbocycles. The van der Waals surface area contributed by atoms with Crippen LogP contribution in [0.25, 0.3) is 0 Å². The van der Waals surface area contributed by atoms with Gasteiger partial charge < -0.3 is 4.90 Å². The lowest BCUT2D eigenvalue weighted by Gasteiger charge is -2.20. The SMILES string of the molecule is CN(Cc1ccc(Br)cc1)c1cccc(F)c1C#N. The predicted octanol–water partition coefficient (Wildman–Crippen LogP) is 4.10. The molecule has 0 saturated heterocycles. The molecular weight excluding hydrogens is 307 g/mol. The highest BCUT2D eigenvalue weighted by Crippen LogP contribution is 2.23. The molecule has 2 aromatic rings. The van der Waals surface area contributed by atoms with E-state index in [9.17, 15) is 4.39 Å². The standard InChI is InChI=1S/C15H12BrFN2/c1-19(10-11-5-7-12(16)8-6-11)15-4-2-3-14(17)13(15)9-18/h2-8H,10H2,1H3. The maximum Gasteiger partial charge on any atom is 0.143 e. The average molecular weight is 319 g/mol. The van der Waals surface area contributed by atoms with E-state index in [4.69, 9.17) is 5.26 Å². The summed E-state index contributed by atoms with van der Waals surface area (Å²) < 4.78 is 14.6. The van der Waals surface area contributed by atoms with E-state index in [2.05, 4.69) is 15.9 Å². The Morgan fingerprint density at radius 2 is 1.89 bits per heavy atom. The summed E-state index contributed by atoms with van der Waals surface area (Å²) in [5, 5.41) is 9.03. The van der Waals surface area contributed by atoms with Gasteiger partial charge in [-0.15, -0.1) is 0 Å². The molecule has 0 heterocycles. The molecule has 0 amide bonds. The first-order valence-electron chi connectivity index (χ1n) is 5.76. The third-order valence-corrected chi connectivity index (χ3v) is 3.38. The van der Waals surface area contributed by atoms with Gasteiger partial charge in [0.15, 0.2) is 0 Å². The van der Waals surface area contributed by atoms with Gasteiger partial charge in [0.05, 0.1) is 5.69 Å². The number of anilines is 1. The van der Waals surface area contributed by atoms with Gasteiger partial charge in [-0.3, -0.25) is 0 Å². The van der Waals surface area contributed by atoms with E-state index in [1.54, 1.807) is 12.1 Å². The van der Waals surface area contributed by atoms with Gasteiger partial charge in [0.2, 0.25) is 0 Å². The van der Waals surface area contributed by atoms with Crippen LogP contribution in [0.1, 0.15) is 11.1 Å². The van der Waals surface area contributed by atoms with Crippen LogP contribution in [0, 0.1) is 17.1 Å². The first-order valence-corrected chi connectivity index (χ1v) is 6.55. The van der Waals surface area contributed by atoms with Crippen molar-refractivity contribution in [1.29, 1.82) is 5.26 Å². The maximum atomic E-state index is 13.5. The molecule has 0 aromatic heterocycles. The van der Waals surface area contributed by atoms with Gasteiger partial charge in [0.1, 0.15) is 17.4 Å². The summed E-state index contributed by atoms with van der Waals surface area (Å²) >= 11 is 3.38. The van der Waals surface area contributed by atoms with Gasteiger partial charge >= 0.3 is 0 Å². The zero-order chi connectivity index (χ0) is 13.8. The van der Waals surface area contributed by atoms with Crippen molar-refractivity contribution < 1.29 is 4.39 Å². The number of hydrogen-bond acceptors (Lipinski definition) is 2. The predicted molar refractivity (Wildman–Crippen MR) is 77.4 cm³/mol. The quantitative estimate of drug-likeness (QED) is 0.852. The Morgan fingerprint density at radius 1 is 1.21 bits per heavy atom. The number of nitriles is 1. The van der Waals surface area contributed by atoms with E-state index in [0.29, 0.717) is 12.2 Å². The zero-order valence-corrected chi connectivity index (χ0v) is 12.0. The molecule has 0 N–H and O–H groups in total. The monoisotopic (exact) mass is 318 g/mol. The summed E-state index contributed by atoms with van der Waals surface area (Å²) in [6, 6.07) is 14.5. The van der Waals surface area contributed by atoms with Gasteiger partial charge in [0, 0.05) is 18.1 Å². The van der Waals surface area contributed by atoms with Crippen molar-refractivity contribution in [3.05, 3.63) is 63.9 Å². The van der Waals surface area contributed by atoms with Crippen LogP contribution in [0.5, 0.6) is 0 Å². The summed E-state index contributed by atoms with van der Waals surface area (Å²) in [7, 11) is 1.84. The highest BCUT2D eigenvalue weighted by Gasteiger charge is 2.11. The molecule has 0 bridgehead atoms. The number of benzene rings is 2. The zero-order valence-electron chi connectivity index (χ0n) is 10.4. The molecule has 2 rings (SSSR count). The van der Waals surface area contributed by atoms with Gasteiger partial charge in [-0.05, 0) is 29.8 Å². The molecule has 0 unspecified atom stereocenters. The van der Waals surface area contributed by atoms with Crippen molar-refractivity contribution in [2.24, 2.45) is 0 Å². The molecule has 0 radical (unpaired) electrons. The maximum absolute atomic E-state index is 13.5. The van der Waals surface area contributed by atoms with E-state index >= 15 is 0 Å². The van der Waals surface area contributed by atoms with Crippen LogP contribution in [0.2, 0.25) is 0 Å². The molecule has 4 heteroatoms. The minimum Gasteiger partial charge on any atom is -0.369 e. The normalized spacial score (nSPS) is 10.0. The van der Waals surface area contributed by atoms with Crippen molar-refractivity contribution >= 4 is 21.6 Å². The topological polar surface area (TPSA) is 27.0 Å². The van der Waals surface area contributed by atoms with Crippen LogP contribution in [-0.2, 0) is 6.54 Å². The minimum absolute atomic E-state index is 0.0853. The summed E-state index contributed by atoms with van der Waals surface area (Å²) in [6.45, 7) is 0.616. The molecule has 19 heavy (non-hydrogen) atoms. The molecular formula is C15H12BrFN2. The van der Waals surface area contributed by atoms with Crippen LogP contribution in [-0.4, -0.2) is 7.05 Å². The molecule has 0 spiro atoms. The Hall–Kier alpha value is -1.86. The van der Waals surface area contributed by atoms with Crippen LogP contribution in [0.3, 0.4) is 0 Å². The second-order valence-electron chi connectivity index (χ2n) is 4.23. The largest absolute Gasteiger partial charge is 0.369 e. The van der Waals surface area contributed by atoms with Crippen molar-refractivity contribution in [2.45, 2.75) is 6.54 Å². The minimum atomic E-state index is -0.484. The fraction of sp³-hybridized carbons (Fsp3) is 0.133. The number of hydrogen-bond donors (Lipinski definition) is 0. The molecule has 0 aliphatic heterocycles. The Bertz CT molecular complexity index is 617. The van der Waals surface area contributed by atoms with Crippen LogP contribution >= 0.6 is 15.9 Å². The molecule has 2 aromatic carbocycles. The van der Waals surface area contributed by atoms with Crippen molar-refractivity contribution in [3.8, 4) is 6.07 Å². The van der Waals surface area contributed by atoms with E-state index < -0.39 is 5.82 Å². The summed E-state index contributed by atoms with van der Waals surface area (Å²) in [4.78, 5) is 1.87. The molecule has 0 fully saturated rings. The fourth-order valence-corrected chi connectivity index (χ4v) is 2.15. The van der Waals surface area contributed by atoms with Gasteiger partial charge in [0.25, 0.3) is 0 Å². The van der Waals surface area contributed by atoms with Gasteiger partial charge in [-0.25, -0.2) is 4.39 Å². The first kappa shape index (κ1) is 13.6. The van der Waals surface area contributed by atoms with E-state index in [1.807, 2.05) is 42.3 Å². The number of rotatable bonds is 3. The van der Waals surface area contributed by atoms with Gasteiger partial charge in [-0.1, -0.05) is 34.1 Å². The fourth-order valence-electron chi connectivity index (χ4n) is 1.89. The molecule has 0 aliphatic carbocycles. The second-order valence-corrected chi connectivity index (χ2v) is 5.14. The van der Waals surface area contributed by atoms with Crippen molar-refractivity contribution in [2.75, 3.05) is 11.9 Å². The van der Waals surface area contributed by atoms with Crippen molar-refractivity contribution in [1.82, 2.24) is 0 Å².